The Labute approximate surface area is 155 Å². The average molecular weight is 367 g/mol. The lowest BCUT2D eigenvalue weighted by Crippen LogP contribution is -2.49. The summed E-state index contributed by atoms with van der Waals surface area (Å²) in [5.74, 6) is 0.763. The van der Waals surface area contributed by atoms with E-state index in [1.807, 2.05) is 18.2 Å². The molecule has 0 saturated carbocycles. The van der Waals surface area contributed by atoms with Crippen LogP contribution >= 0.6 is 11.6 Å². The van der Waals surface area contributed by atoms with Crippen LogP contribution in [-0.2, 0) is 0 Å². The number of imidazole rings is 1. The summed E-state index contributed by atoms with van der Waals surface area (Å²) in [6, 6.07) is 12.6. The van der Waals surface area contributed by atoms with E-state index < -0.39 is 0 Å². The number of benzene rings is 2. The number of halogens is 1. The third kappa shape index (κ3) is 2.53. The van der Waals surface area contributed by atoms with E-state index in [1.165, 1.54) is 5.69 Å². The van der Waals surface area contributed by atoms with E-state index in [0.29, 0.717) is 11.1 Å². The molecule has 0 amide bonds. The number of aromatic nitrogens is 4. The number of hydrogen-bond donors (Lipinski definition) is 3. The second-order valence-electron chi connectivity index (χ2n) is 6.80. The van der Waals surface area contributed by atoms with Crippen LogP contribution in [0, 0.1) is 0 Å². The van der Waals surface area contributed by atoms with E-state index in [-0.39, 0.29) is 0 Å². The molecule has 26 heavy (non-hydrogen) atoms. The second kappa shape index (κ2) is 6.00. The topological polar surface area (TPSA) is 72.6 Å². The zero-order valence-electron chi connectivity index (χ0n) is 14.4. The summed E-state index contributed by atoms with van der Waals surface area (Å²) in [6.07, 6.45) is 0. The highest BCUT2D eigenvalue weighted by Crippen LogP contribution is 2.29. The highest BCUT2D eigenvalue weighted by atomic mass is 35.5. The smallest absolute Gasteiger partial charge is 0.159 e. The molecule has 0 bridgehead atoms. The summed E-state index contributed by atoms with van der Waals surface area (Å²) in [5, 5.41) is 12.6. The van der Waals surface area contributed by atoms with Crippen LogP contribution in [0.15, 0.2) is 36.4 Å². The fourth-order valence-electron chi connectivity index (χ4n) is 3.68. The molecule has 1 aliphatic rings. The van der Waals surface area contributed by atoms with Gasteiger partial charge in [0.1, 0.15) is 5.69 Å². The molecule has 3 heterocycles. The molecule has 3 N–H and O–H groups in total. The summed E-state index contributed by atoms with van der Waals surface area (Å²) >= 11 is 6.06. The van der Waals surface area contributed by atoms with Gasteiger partial charge in [-0.05, 0) is 43.3 Å². The van der Waals surface area contributed by atoms with E-state index in [2.05, 4.69) is 50.5 Å². The number of piperazine rings is 1. The zero-order chi connectivity index (χ0) is 17.7. The minimum Gasteiger partial charge on any atom is -0.366 e. The number of fused-ring (bicyclic) bond motifs is 2. The predicted octanol–water partition coefficient (Wildman–Crippen LogP) is 3.56. The first-order valence-corrected chi connectivity index (χ1v) is 9.18. The van der Waals surface area contributed by atoms with E-state index in [0.717, 1.165) is 53.1 Å². The molecule has 0 unspecified atom stereocenters. The van der Waals surface area contributed by atoms with Gasteiger partial charge in [-0.2, -0.15) is 5.10 Å². The van der Waals surface area contributed by atoms with Gasteiger partial charge < -0.3 is 15.2 Å². The molecule has 0 aliphatic carbocycles. The Morgan fingerprint density at radius 3 is 2.96 bits per heavy atom. The third-order valence-corrected chi connectivity index (χ3v) is 5.28. The van der Waals surface area contributed by atoms with Crippen LogP contribution in [0.4, 0.5) is 5.69 Å². The second-order valence-corrected chi connectivity index (χ2v) is 7.23. The van der Waals surface area contributed by atoms with Gasteiger partial charge in [0, 0.05) is 41.8 Å². The van der Waals surface area contributed by atoms with Crippen LogP contribution in [0.2, 0.25) is 5.02 Å². The van der Waals surface area contributed by atoms with Crippen LogP contribution in [0.5, 0.6) is 0 Å². The molecule has 7 heteroatoms. The molecule has 1 fully saturated rings. The Bertz CT molecular complexity index is 1100. The number of aromatic amines is 2. The summed E-state index contributed by atoms with van der Waals surface area (Å²) in [4.78, 5) is 10.6. The van der Waals surface area contributed by atoms with Gasteiger partial charge in [0.2, 0.25) is 0 Å². The van der Waals surface area contributed by atoms with Crippen molar-refractivity contribution in [1.29, 1.82) is 0 Å². The lowest BCUT2D eigenvalue weighted by molar-refractivity contribution is 0.501. The quantitative estimate of drug-likeness (QED) is 0.507. The molecule has 1 atom stereocenters. The minimum atomic E-state index is 0.472. The third-order valence-electron chi connectivity index (χ3n) is 5.05. The zero-order valence-corrected chi connectivity index (χ0v) is 15.1. The van der Waals surface area contributed by atoms with Crippen LogP contribution in [0.25, 0.3) is 33.5 Å². The molecule has 2 aromatic heterocycles. The Kier molecular flexibility index (Phi) is 3.62. The van der Waals surface area contributed by atoms with Crippen LogP contribution in [0.3, 0.4) is 0 Å². The van der Waals surface area contributed by atoms with Gasteiger partial charge in [0.15, 0.2) is 5.82 Å². The van der Waals surface area contributed by atoms with Crippen molar-refractivity contribution in [2.24, 2.45) is 0 Å². The lowest BCUT2D eigenvalue weighted by atomic mass is 10.1. The van der Waals surface area contributed by atoms with Crippen molar-refractivity contribution in [2.75, 3.05) is 24.5 Å². The normalized spacial score (nSPS) is 18.1. The maximum Gasteiger partial charge on any atom is 0.159 e. The van der Waals surface area contributed by atoms with Crippen molar-refractivity contribution < 1.29 is 0 Å². The summed E-state index contributed by atoms with van der Waals surface area (Å²) in [6.45, 7) is 5.27. The van der Waals surface area contributed by atoms with Gasteiger partial charge in [0.25, 0.3) is 0 Å². The van der Waals surface area contributed by atoms with Crippen LogP contribution in [0.1, 0.15) is 6.92 Å². The first-order chi connectivity index (χ1) is 12.7. The summed E-state index contributed by atoms with van der Waals surface area (Å²) in [5.41, 5.74) is 4.89. The molecule has 4 aromatic rings. The van der Waals surface area contributed by atoms with E-state index >= 15 is 0 Å². The fourth-order valence-corrected chi connectivity index (χ4v) is 3.85. The maximum absolute atomic E-state index is 6.06. The van der Waals surface area contributed by atoms with Gasteiger partial charge in [-0.3, -0.25) is 5.10 Å². The highest BCUT2D eigenvalue weighted by molar-refractivity contribution is 6.31. The molecule has 0 spiro atoms. The molecule has 0 radical (unpaired) electrons. The number of rotatable bonds is 2. The Balaban J connectivity index is 1.57. The van der Waals surface area contributed by atoms with Gasteiger partial charge in [0.05, 0.1) is 16.6 Å². The Morgan fingerprint density at radius 2 is 2.08 bits per heavy atom. The van der Waals surface area contributed by atoms with Gasteiger partial charge in [-0.15, -0.1) is 0 Å². The SMILES string of the molecule is C[C@H]1CNCCN1c1ccc2[nH]c(-c3n[nH]c4cc(Cl)ccc34)nc2c1. The molecule has 1 saturated heterocycles. The Hall–Kier alpha value is -2.57. The minimum absolute atomic E-state index is 0.472. The number of nitrogens with one attached hydrogen (secondary N) is 3. The van der Waals surface area contributed by atoms with Crippen molar-refractivity contribution in [3.05, 3.63) is 41.4 Å². The molecule has 2 aromatic carbocycles. The molecular weight excluding hydrogens is 348 g/mol. The molecule has 1 aliphatic heterocycles. The van der Waals surface area contributed by atoms with Crippen molar-refractivity contribution in [1.82, 2.24) is 25.5 Å². The predicted molar refractivity (Wildman–Crippen MR) is 106 cm³/mol. The number of hydrogen-bond acceptors (Lipinski definition) is 4. The first kappa shape index (κ1) is 15.7. The van der Waals surface area contributed by atoms with Gasteiger partial charge in [-0.25, -0.2) is 4.98 Å². The average Bonchev–Trinajstić information content (AvgIpc) is 3.24. The molecule has 5 rings (SSSR count). The van der Waals surface area contributed by atoms with Crippen molar-refractivity contribution in [3.8, 4) is 11.5 Å². The largest absolute Gasteiger partial charge is 0.366 e. The maximum atomic E-state index is 6.06. The lowest BCUT2D eigenvalue weighted by Gasteiger charge is -2.35. The first-order valence-electron chi connectivity index (χ1n) is 8.80. The van der Waals surface area contributed by atoms with E-state index in [4.69, 9.17) is 16.6 Å². The molecular formula is C19H19ClN6. The van der Waals surface area contributed by atoms with Crippen molar-refractivity contribution >= 4 is 39.2 Å². The van der Waals surface area contributed by atoms with Gasteiger partial charge in [-0.1, -0.05) is 11.6 Å². The molecule has 6 nitrogen and oxygen atoms in total. The van der Waals surface area contributed by atoms with Crippen molar-refractivity contribution in [3.63, 3.8) is 0 Å². The highest BCUT2D eigenvalue weighted by Gasteiger charge is 2.19. The van der Waals surface area contributed by atoms with Crippen LogP contribution in [-0.4, -0.2) is 45.8 Å². The standard InChI is InChI=1S/C19H19ClN6/c1-11-10-21-6-7-26(11)13-3-5-15-17(9-13)23-19(22-15)18-14-4-2-12(20)8-16(14)24-25-18/h2-5,8-9,11,21H,6-7,10H2,1H3,(H,22,23)(H,24,25)/t11-/m0/s1. The number of nitrogens with zero attached hydrogens (tertiary/aromatic N) is 3. The monoisotopic (exact) mass is 366 g/mol. The summed E-state index contributed by atoms with van der Waals surface area (Å²) < 4.78 is 0. The fraction of sp³-hybridized carbons (Fsp3) is 0.263. The molecule has 132 valence electrons. The Morgan fingerprint density at radius 1 is 1.15 bits per heavy atom. The van der Waals surface area contributed by atoms with E-state index in [1.54, 1.807) is 0 Å². The van der Waals surface area contributed by atoms with Crippen LogP contribution < -0.4 is 10.2 Å². The van der Waals surface area contributed by atoms with Gasteiger partial charge >= 0.3 is 0 Å². The van der Waals surface area contributed by atoms with E-state index in [9.17, 15) is 0 Å². The number of H-pyrrole nitrogens is 2. The number of anilines is 1. The van der Waals surface area contributed by atoms with Crippen molar-refractivity contribution in [2.45, 2.75) is 13.0 Å². The summed E-state index contributed by atoms with van der Waals surface area (Å²) in [7, 11) is 0.